The summed E-state index contributed by atoms with van der Waals surface area (Å²) in [7, 11) is 1.77. The summed E-state index contributed by atoms with van der Waals surface area (Å²) in [4.78, 5) is 31.8. The zero-order valence-corrected chi connectivity index (χ0v) is 13.9. The molecule has 128 valence electrons. The summed E-state index contributed by atoms with van der Waals surface area (Å²) in [6.45, 7) is 2.98. The van der Waals surface area contributed by atoms with Gasteiger partial charge in [0, 0.05) is 25.7 Å². The van der Waals surface area contributed by atoms with E-state index in [9.17, 15) is 9.59 Å². The zero-order chi connectivity index (χ0) is 18.5. The predicted molar refractivity (Wildman–Crippen MR) is 88.3 cm³/mol. The highest BCUT2D eigenvalue weighted by Gasteiger charge is 2.07. The number of hydrogen-bond donors (Lipinski definition) is 2. The molecule has 1 amide bonds. The maximum absolute atomic E-state index is 11.8. The van der Waals surface area contributed by atoms with E-state index in [0.717, 1.165) is 5.56 Å². The molecule has 0 aliphatic rings. The van der Waals surface area contributed by atoms with Crippen molar-refractivity contribution in [1.82, 2.24) is 10.3 Å². The fourth-order valence-electron chi connectivity index (χ4n) is 1.66. The van der Waals surface area contributed by atoms with Crippen LogP contribution < -0.4 is 11.2 Å². The van der Waals surface area contributed by atoms with Gasteiger partial charge in [0.15, 0.2) is 0 Å². The topological polar surface area (TPSA) is 102 Å². The van der Waals surface area contributed by atoms with E-state index in [1.807, 2.05) is 12.1 Å². The summed E-state index contributed by atoms with van der Waals surface area (Å²) in [5.74, 6) is 5.03. The second kappa shape index (κ2) is 12.6. The molecule has 3 N–H and O–H groups in total. The first kappa shape index (κ1) is 19.1. The molecule has 0 aliphatic carbocycles. The van der Waals surface area contributed by atoms with E-state index < -0.39 is 5.72 Å². The monoisotopic (exact) mass is 344 g/mol. The third-order valence-corrected chi connectivity index (χ3v) is 2.57. The number of amides is 1. The molecular weight excluding hydrogens is 322 g/mol. The van der Waals surface area contributed by atoms with Crippen LogP contribution in [-0.4, -0.2) is 42.8 Å². The van der Waals surface area contributed by atoms with Crippen molar-refractivity contribution in [1.29, 1.82) is 0 Å². The number of hydrogen-bond acceptors (Lipinski definition) is 6. The number of esters is 1. The molecule has 1 aromatic rings. The van der Waals surface area contributed by atoms with Gasteiger partial charge in [0.05, 0.1) is 13.0 Å². The van der Waals surface area contributed by atoms with Gasteiger partial charge in [0.2, 0.25) is 5.72 Å². The lowest BCUT2D eigenvalue weighted by atomic mass is 10.1. The molecule has 0 saturated carbocycles. The Labute approximate surface area is 142 Å². The average Bonchev–Trinajstić information content (AvgIpc) is 2.47. The Morgan fingerprint density at radius 2 is 2.00 bits per heavy atom. The van der Waals surface area contributed by atoms with Crippen LogP contribution >= 0.6 is 11.6 Å². The van der Waals surface area contributed by atoms with Crippen molar-refractivity contribution in [3.63, 3.8) is 0 Å². The molecule has 1 rings (SSSR count). The molecule has 0 saturated heterocycles. The highest BCUT2D eigenvalue weighted by molar-refractivity contribution is 6.54. The van der Waals surface area contributed by atoms with Crippen molar-refractivity contribution >= 4 is 29.2 Å². The van der Waals surface area contributed by atoms with E-state index in [1.54, 1.807) is 31.1 Å². The van der Waals surface area contributed by atoms with Crippen molar-refractivity contribution in [3.05, 3.63) is 35.4 Å². The van der Waals surface area contributed by atoms with Gasteiger partial charge in [-0.15, -0.1) is 0 Å². The molecule has 0 spiro atoms. The molecule has 7 nitrogen and oxygen atoms in total. The third kappa shape index (κ3) is 10.4. The van der Waals surface area contributed by atoms with Crippen molar-refractivity contribution < 1.29 is 20.5 Å². The quantitative estimate of drug-likeness (QED) is 0.252. The summed E-state index contributed by atoms with van der Waals surface area (Å²) in [6, 6.07) is 7.17. The molecule has 0 unspecified atom stereocenters. The Balaban J connectivity index is 0.00000118. The molecule has 1 aromatic carbocycles. The SMILES string of the molecule is CCOC(=O)CCNC(=O)c1ccc(CN(C)N)cc1.[2H]C(=O)Cl. The molecule has 0 aliphatic heterocycles. The van der Waals surface area contributed by atoms with Gasteiger partial charge in [-0.1, -0.05) is 12.1 Å². The zero-order valence-electron chi connectivity index (χ0n) is 14.2. The molecular formula is C15H22ClN3O4. The molecule has 0 atom stereocenters. The lowest BCUT2D eigenvalue weighted by Crippen LogP contribution is -2.27. The van der Waals surface area contributed by atoms with Gasteiger partial charge >= 0.3 is 5.97 Å². The van der Waals surface area contributed by atoms with E-state index in [1.165, 1.54) is 0 Å². The predicted octanol–water partition coefficient (Wildman–Crippen LogP) is 1.09. The first-order valence-electron chi connectivity index (χ1n) is 7.40. The summed E-state index contributed by atoms with van der Waals surface area (Å²) in [5.41, 5.74) is 0.468. The van der Waals surface area contributed by atoms with Gasteiger partial charge in [-0.3, -0.25) is 20.2 Å². The average molecular weight is 345 g/mol. The van der Waals surface area contributed by atoms with E-state index >= 15 is 0 Å². The van der Waals surface area contributed by atoms with Crippen LogP contribution in [0.4, 0.5) is 0 Å². The number of hydrazine groups is 1. The molecule has 8 heteroatoms. The number of nitrogens with two attached hydrogens (primary N) is 1. The highest BCUT2D eigenvalue weighted by atomic mass is 35.5. The minimum absolute atomic E-state index is 0.176. The molecule has 0 aromatic heterocycles. The van der Waals surface area contributed by atoms with Crippen molar-refractivity contribution in [2.45, 2.75) is 19.9 Å². The van der Waals surface area contributed by atoms with Crippen molar-refractivity contribution in [2.24, 2.45) is 5.84 Å². The normalized spacial score (nSPS) is 10.2. The summed E-state index contributed by atoms with van der Waals surface area (Å²) in [5, 5.41) is 4.24. The van der Waals surface area contributed by atoms with Crippen LogP contribution in [0.1, 0.15) is 30.6 Å². The summed E-state index contributed by atoms with van der Waals surface area (Å²) in [6.07, 6.45) is 0.176. The number of carbonyl (C=O) groups excluding carboxylic acids is 3. The Bertz CT molecular complexity index is 534. The second-order valence-electron chi connectivity index (χ2n) is 4.50. The maximum atomic E-state index is 11.8. The number of carbonyl (C=O) groups is 3. The highest BCUT2D eigenvalue weighted by Crippen LogP contribution is 2.05. The number of nitrogens with one attached hydrogen (secondary N) is 1. The number of nitrogens with zero attached hydrogens (tertiary/aromatic N) is 1. The summed E-state index contributed by atoms with van der Waals surface area (Å²) < 4.78 is 10.5. The third-order valence-electron chi connectivity index (χ3n) is 2.57. The first-order valence-corrected chi connectivity index (χ1v) is 7.28. The maximum Gasteiger partial charge on any atom is 0.307 e. The van der Waals surface area contributed by atoms with Gasteiger partial charge in [-0.2, -0.15) is 0 Å². The minimum atomic E-state index is -1.11. The Morgan fingerprint density at radius 3 is 2.48 bits per heavy atom. The lowest BCUT2D eigenvalue weighted by Gasteiger charge is -2.10. The number of rotatable bonds is 7. The molecule has 0 radical (unpaired) electrons. The Kier molecular flexibility index (Phi) is 10.4. The van der Waals surface area contributed by atoms with Crippen molar-refractivity contribution in [2.75, 3.05) is 20.2 Å². The van der Waals surface area contributed by atoms with Gasteiger partial charge in [-0.05, 0) is 36.2 Å². The molecule has 23 heavy (non-hydrogen) atoms. The smallest absolute Gasteiger partial charge is 0.307 e. The fraction of sp³-hybridized carbons (Fsp3) is 0.400. The number of benzene rings is 1. The van der Waals surface area contributed by atoms with Crippen LogP contribution in [0.15, 0.2) is 24.3 Å². The largest absolute Gasteiger partial charge is 0.466 e. The van der Waals surface area contributed by atoms with Crippen LogP contribution in [-0.2, 0) is 20.9 Å². The van der Waals surface area contributed by atoms with Gasteiger partial charge < -0.3 is 10.1 Å². The van der Waals surface area contributed by atoms with E-state index in [4.69, 9.17) is 16.7 Å². The Morgan fingerprint density at radius 1 is 1.43 bits per heavy atom. The first-order chi connectivity index (χ1) is 11.3. The fourth-order valence-corrected chi connectivity index (χ4v) is 1.66. The van der Waals surface area contributed by atoms with Crippen LogP contribution in [0.2, 0.25) is 0 Å². The van der Waals surface area contributed by atoms with Gasteiger partial charge in [0.25, 0.3) is 5.91 Å². The van der Waals surface area contributed by atoms with E-state index in [-0.39, 0.29) is 24.8 Å². The minimum Gasteiger partial charge on any atom is -0.466 e. The van der Waals surface area contributed by atoms with Crippen LogP contribution in [0.3, 0.4) is 0 Å². The molecule has 0 bridgehead atoms. The van der Waals surface area contributed by atoms with Gasteiger partial charge in [-0.25, -0.2) is 5.01 Å². The lowest BCUT2D eigenvalue weighted by molar-refractivity contribution is -0.142. The number of halogens is 1. The standard InChI is InChI=1S/C14H21N3O3.CHClO/c1-3-20-13(18)8-9-16-14(19)12-6-4-11(5-7-12)10-17(2)15;2-1-3/h4-7H,3,8-10,15H2,1-2H3,(H,16,19);1H/i;1D. The van der Waals surface area contributed by atoms with E-state index in [2.05, 4.69) is 16.9 Å². The Hall–Kier alpha value is -1.96. The number of ether oxygens (including phenoxy) is 1. The van der Waals surface area contributed by atoms with Crippen LogP contribution in [0, 0.1) is 0 Å². The second-order valence-corrected chi connectivity index (χ2v) is 4.65. The van der Waals surface area contributed by atoms with Crippen LogP contribution in [0.25, 0.3) is 0 Å². The molecule has 0 fully saturated rings. The van der Waals surface area contributed by atoms with Crippen LogP contribution in [0.5, 0.6) is 0 Å². The van der Waals surface area contributed by atoms with Gasteiger partial charge in [0.1, 0.15) is 1.37 Å². The summed E-state index contributed by atoms with van der Waals surface area (Å²) >= 11 is 4.30. The van der Waals surface area contributed by atoms with Crippen molar-refractivity contribution in [3.8, 4) is 0 Å². The van der Waals surface area contributed by atoms with E-state index in [0.29, 0.717) is 18.7 Å². The molecule has 0 heterocycles.